The second-order valence-electron chi connectivity index (χ2n) is 5.63. The van der Waals surface area contributed by atoms with Crippen LogP contribution in [0.15, 0.2) is 0 Å². The Labute approximate surface area is 102 Å². The van der Waals surface area contributed by atoms with Gasteiger partial charge in [-0.05, 0) is 45.4 Å². The lowest BCUT2D eigenvalue weighted by molar-refractivity contribution is 0.208. The fraction of sp³-hybridized carbons (Fsp3) is 1.00. The number of nitrogens with two attached hydrogens (primary N) is 1. The van der Waals surface area contributed by atoms with Crippen LogP contribution in [0.1, 0.15) is 27.2 Å². The summed E-state index contributed by atoms with van der Waals surface area (Å²) >= 11 is 0. The molecule has 1 atom stereocenters. The summed E-state index contributed by atoms with van der Waals surface area (Å²) in [7, 11) is 4.27. The zero-order valence-corrected chi connectivity index (χ0v) is 11.9. The second-order valence-corrected chi connectivity index (χ2v) is 5.63. The van der Waals surface area contributed by atoms with Gasteiger partial charge in [0.1, 0.15) is 0 Å². The maximum atomic E-state index is 5.65. The third-order valence-corrected chi connectivity index (χ3v) is 2.83. The molecule has 0 aliphatic carbocycles. The monoisotopic (exact) mass is 229 g/mol. The predicted octanol–water partition coefficient (Wildman–Crippen LogP) is 1.49. The zero-order chi connectivity index (χ0) is 12.6. The highest BCUT2D eigenvalue weighted by Gasteiger charge is 2.09. The molecule has 0 radical (unpaired) electrons. The molecule has 16 heavy (non-hydrogen) atoms. The summed E-state index contributed by atoms with van der Waals surface area (Å²) < 4.78 is 0. The summed E-state index contributed by atoms with van der Waals surface area (Å²) in [4.78, 5) is 4.82. The summed E-state index contributed by atoms with van der Waals surface area (Å²) in [5.41, 5.74) is 5.65. The first-order valence-electron chi connectivity index (χ1n) is 6.52. The molecule has 3 heteroatoms. The lowest BCUT2D eigenvalue weighted by Gasteiger charge is -2.26. The van der Waals surface area contributed by atoms with Crippen LogP contribution in [0.5, 0.6) is 0 Å². The van der Waals surface area contributed by atoms with Crippen LogP contribution in [0.25, 0.3) is 0 Å². The minimum absolute atomic E-state index is 0.647. The van der Waals surface area contributed by atoms with Crippen LogP contribution in [-0.2, 0) is 0 Å². The summed E-state index contributed by atoms with van der Waals surface area (Å²) in [5, 5.41) is 0. The van der Waals surface area contributed by atoms with Crippen molar-refractivity contribution in [1.82, 2.24) is 9.80 Å². The lowest BCUT2D eigenvalue weighted by atomic mass is 10.1. The van der Waals surface area contributed by atoms with Crippen LogP contribution in [0.3, 0.4) is 0 Å². The summed E-state index contributed by atoms with van der Waals surface area (Å²) in [5.74, 6) is 1.39. The molecule has 0 fully saturated rings. The second kappa shape index (κ2) is 8.97. The average molecular weight is 229 g/mol. The highest BCUT2D eigenvalue weighted by Crippen LogP contribution is 2.05. The molecular weight excluding hydrogens is 198 g/mol. The van der Waals surface area contributed by atoms with Crippen molar-refractivity contribution < 1.29 is 0 Å². The molecule has 2 N–H and O–H groups in total. The van der Waals surface area contributed by atoms with E-state index in [4.69, 9.17) is 5.73 Å². The van der Waals surface area contributed by atoms with Crippen molar-refractivity contribution in [3.05, 3.63) is 0 Å². The van der Waals surface area contributed by atoms with Gasteiger partial charge in [0, 0.05) is 19.6 Å². The van der Waals surface area contributed by atoms with Crippen molar-refractivity contribution in [2.24, 2.45) is 17.6 Å². The van der Waals surface area contributed by atoms with E-state index in [0.717, 1.165) is 19.0 Å². The minimum atomic E-state index is 0.647. The molecular formula is C13H31N3. The third-order valence-electron chi connectivity index (χ3n) is 2.83. The fourth-order valence-electron chi connectivity index (χ4n) is 1.67. The molecule has 0 bridgehead atoms. The largest absolute Gasteiger partial charge is 0.330 e. The van der Waals surface area contributed by atoms with E-state index in [1.807, 2.05) is 0 Å². The van der Waals surface area contributed by atoms with Gasteiger partial charge >= 0.3 is 0 Å². The standard InChI is InChI=1S/C13H31N3/c1-12(2)11-16(9-8-15(4)5)7-6-13(3)10-14/h12-13H,6-11,14H2,1-5H3. The van der Waals surface area contributed by atoms with E-state index in [1.54, 1.807) is 0 Å². The third kappa shape index (κ3) is 9.13. The lowest BCUT2D eigenvalue weighted by Crippen LogP contribution is -2.36. The fourth-order valence-corrected chi connectivity index (χ4v) is 1.67. The van der Waals surface area contributed by atoms with Gasteiger partial charge in [0.2, 0.25) is 0 Å². The van der Waals surface area contributed by atoms with Crippen molar-refractivity contribution in [1.29, 1.82) is 0 Å². The maximum absolute atomic E-state index is 5.65. The Bertz CT molecular complexity index is 157. The van der Waals surface area contributed by atoms with E-state index in [9.17, 15) is 0 Å². The Morgan fingerprint density at radius 2 is 1.62 bits per heavy atom. The number of hydrogen-bond donors (Lipinski definition) is 1. The highest BCUT2D eigenvalue weighted by atomic mass is 15.2. The highest BCUT2D eigenvalue weighted by molar-refractivity contribution is 4.64. The van der Waals surface area contributed by atoms with E-state index in [0.29, 0.717) is 5.92 Å². The molecule has 1 unspecified atom stereocenters. The van der Waals surface area contributed by atoms with Crippen LogP contribution in [-0.4, -0.2) is 56.6 Å². The Hall–Kier alpha value is -0.120. The molecule has 0 saturated carbocycles. The Morgan fingerprint density at radius 1 is 1.00 bits per heavy atom. The molecule has 98 valence electrons. The molecule has 3 nitrogen and oxygen atoms in total. The van der Waals surface area contributed by atoms with Gasteiger partial charge in [0.25, 0.3) is 0 Å². The topological polar surface area (TPSA) is 32.5 Å². The molecule has 0 aliphatic rings. The van der Waals surface area contributed by atoms with E-state index in [2.05, 4.69) is 44.7 Å². The van der Waals surface area contributed by atoms with Crippen LogP contribution < -0.4 is 5.73 Å². The van der Waals surface area contributed by atoms with Crippen LogP contribution in [0, 0.1) is 11.8 Å². The molecule has 0 saturated heterocycles. The van der Waals surface area contributed by atoms with Crippen molar-refractivity contribution in [3.63, 3.8) is 0 Å². The Kier molecular flexibility index (Phi) is 8.90. The van der Waals surface area contributed by atoms with Crippen molar-refractivity contribution in [3.8, 4) is 0 Å². The number of likely N-dealkylation sites (N-methyl/N-ethyl adjacent to an activating group) is 1. The smallest absolute Gasteiger partial charge is 0.0109 e. The van der Waals surface area contributed by atoms with Crippen molar-refractivity contribution in [2.45, 2.75) is 27.2 Å². The van der Waals surface area contributed by atoms with E-state index < -0.39 is 0 Å². The van der Waals surface area contributed by atoms with E-state index in [1.165, 1.54) is 26.1 Å². The maximum Gasteiger partial charge on any atom is 0.0109 e. The zero-order valence-electron chi connectivity index (χ0n) is 11.9. The minimum Gasteiger partial charge on any atom is -0.330 e. The van der Waals surface area contributed by atoms with Gasteiger partial charge in [-0.25, -0.2) is 0 Å². The molecule has 0 aromatic heterocycles. The first-order valence-corrected chi connectivity index (χ1v) is 6.52. The van der Waals surface area contributed by atoms with Gasteiger partial charge in [0.15, 0.2) is 0 Å². The Morgan fingerprint density at radius 3 is 2.06 bits per heavy atom. The van der Waals surface area contributed by atoms with E-state index in [-0.39, 0.29) is 0 Å². The molecule has 0 heterocycles. The van der Waals surface area contributed by atoms with Crippen molar-refractivity contribution >= 4 is 0 Å². The van der Waals surface area contributed by atoms with Gasteiger partial charge in [-0.1, -0.05) is 20.8 Å². The Balaban J connectivity index is 3.89. The number of hydrogen-bond acceptors (Lipinski definition) is 3. The average Bonchev–Trinajstić information content (AvgIpc) is 2.20. The first-order chi connectivity index (χ1) is 7.45. The molecule has 0 aliphatic heterocycles. The van der Waals surface area contributed by atoms with Gasteiger partial charge < -0.3 is 15.5 Å². The molecule has 0 amide bonds. The molecule has 0 aromatic carbocycles. The predicted molar refractivity (Wildman–Crippen MR) is 72.7 cm³/mol. The summed E-state index contributed by atoms with van der Waals surface area (Å²) in [6, 6.07) is 0. The molecule has 0 rings (SSSR count). The van der Waals surface area contributed by atoms with Gasteiger partial charge in [0.05, 0.1) is 0 Å². The first kappa shape index (κ1) is 15.9. The quantitative estimate of drug-likeness (QED) is 0.650. The van der Waals surface area contributed by atoms with Crippen molar-refractivity contribution in [2.75, 3.05) is 46.8 Å². The SMILES string of the molecule is CC(C)CN(CCC(C)CN)CCN(C)C. The normalized spacial score (nSPS) is 14.1. The van der Waals surface area contributed by atoms with Crippen LogP contribution in [0.4, 0.5) is 0 Å². The van der Waals surface area contributed by atoms with Gasteiger partial charge in [-0.2, -0.15) is 0 Å². The summed E-state index contributed by atoms with van der Waals surface area (Å²) in [6.45, 7) is 12.3. The number of nitrogens with zero attached hydrogens (tertiary/aromatic N) is 2. The molecule has 0 aromatic rings. The summed E-state index contributed by atoms with van der Waals surface area (Å²) in [6.07, 6.45) is 1.22. The van der Waals surface area contributed by atoms with Gasteiger partial charge in [-0.3, -0.25) is 0 Å². The van der Waals surface area contributed by atoms with Gasteiger partial charge in [-0.15, -0.1) is 0 Å². The van der Waals surface area contributed by atoms with Crippen LogP contribution in [0.2, 0.25) is 0 Å². The molecule has 0 spiro atoms. The van der Waals surface area contributed by atoms with E-state index >= 15 is 0 Å². The number of rotatable bonds is 9. The van der Waals surface area contributed by atoms with Crippen LogP contribution >= 0.6 is 0 Å².